The summed E-state index contributed by atoms with van der Waals surface area (Å²) in [5.41, 5.74) is 1.27. The van der Waals surface area contributed by atoms with E-state index in [-0.39, 0.29) is 5.97 Å². The SMILES string of the molecule is COC(=O)CCCN1CC[C@H]2[C@@H]1CCN2Cc1cccc(CC(F)(F)F)c1. The second-order valence-corrected chi connectivity index (χ2v) is 7.51. The largest absolute Gasteiger partial charge is 0.469 e. The number of carbonyl (C=O) groups is 1. The summed E-state index contributed by atoms with van der Waals surface area (Å²) in [6, 6.07) is 7.80. The van der Waals surface area contributed by atoms with E-state index in [0.717, 1.165) is 44.5 Å². The van der Waals surface area contributed by atoms with E-state index in [2.05, 4.69) is 14.5 Å². The molecule has 3 rings (SSSR count). The molecule has 2 atom stereocenters. The summed E-state index contributed by atoms with van der Waals surface area (Å²) in [6.45, 7) is 3.57. The second-order valence-electron chi connectivity index (χ2n) is 7.51. The van der Waals surface area contributed by atoms with Gasteiger partial charge < -0.3 is 4.74 Å². The molecule has 27 heavy (non-hydrogen) atoms. The third-order valence-corrected chi connectivity index (χ3v) is 5.64. The van der Waals surface area contributed by atoms with Gasteiger partial charge >= 0.3 is 12.1 Å². The molecule has 2 saturated heterocycles. The molecule has 0 spiro atoms. The van der Waals surface area contributed by atoms with Gasteiger partial charge in [-0.05, 0) is 36.9 Å². The maximum Gasteiger partial charge on any atom is 0.393 e. The van der Waals surface area contributed by atoms with Crippen LogP contribution in [0.1, 0.15) is 36.8 Å². The first-order valence-corrected chi connectivity index (χ1v) is 9.55. The molecule has 2 aliphatic rings. The molecule has 0 radical (unpaired) electrons. The first-order chi connectivity index (χ1) is 12.9. The molecular weight excluding hydrogens is 357 g/mol. The maximum atomic E-state index is 12.6. The van der Waals surface area contributed by atoms with Crippen molar-refractivity contribution in [2.24, 2.45) is 0 Å². The lowest BCUT2D eigenvalue weighted by Crippen LogP contribution is -2.36. The minimum atomic E-state index is -4.17. The smallest absolute Gasteiger partial charge is 0.393 e. The fourth-order valence-corrected chi connectivity index (χ4v) is 4.47. The number of methoxy groups -OCH3 is 1. The van der Waals surface area contributed by atoms with Gasteiger partial charge in [0.1, 0.15) is 0 Å². The Hall–Kier alpha value is -1.60. The molecule has 0 unspecified atom stereocenters. The lowest BCUT2D eigenvalue weighted by molar-refractivity contribution is -0.140. The Morgan fingerprint density at radius 1 is 1.15 bits per heavy atom. The Bertz CT molecular complexity index is 650. The Kier molecular flexibility index (Phi) is 6.42. The Labute approximate surface area is 158 Å². The zero-order valence-corrected chi connectivity index (χ0v) is 15.7. The van der Waals surface area contributed by atoms with Gasteiger partial charge in [0.05, 0.1) is 13.5 Å². The van der Waals surface area contributed by atoms with E-state index in [9.17, 15) is 18.0 Å². The van der Waals surface area contributed by atoms with E-state index in [0.29, 0.717) is 30.6 Å². The second kappa shape index (κ2) is 8.61. The van der Waals surface area contributed by atoms with E-state index >= 15 is 0 Å². The van der Waals surface area contributed by atoms with Gasteiger partial charge in [-0.15, -0.1) is 0 Å². The highest BCUT2D eigenvalue weighted by Gasteiger charge is 2.41. The van der Waals surface area contributed by atoms with Crippen molar-refractivity contribution in [2.75, 3.05) is 26.7 Å². The Morgan fingerprint density at radius 3 is 2.52 bits per heavy atom. The average Bonchev–Trinajstić information content (AvgIpc) is 3.17. The zero-order valence-electron chi connectivity index (χ0n) is 15.7. The Balaban J connectivity index is 1.53. The van der Waals surface area contributed by atoms with Crippen molar-refractivity contribution in [2.45, 2.75) is 56.9 Å². The van der Waals surface area contributed by atoms with Crippen molar-refractivity contribution in [1.82, 2.24) is 9.80 Å². The highest BCUT2D eigenvalue weighted by molar-refractivity contribution is 5.69. The van der Waals surface area contributed by atoms with Crippen molar-refractivity contribution in [3.8, 4) is 0 Å². The fourth-order valence-electron chi connectivity index (χ4n) is 4.47. The van der Waals surface area contributed by atoms with Crippen LogP contribution in [0.2, 0.25) is 0 Å². The molecule has 1 aromatic carbocycles. The molecule has 0 bridgehead atoms. The lowest BCUT2D eigenvalue weighted by atomic mass is 10.1. The van der Waals surface area contributed by atoms with Crippen LogP contribution in [0.4, 0.5) is 13.2 Å². The summed E-state index contributed by atoms with van der Waals surface area (Å²) < 4.78 is 42.6. The summed E-state index contributed by atoms with van der Waals surface area (Å²) in [7, 11) is 1.41. The number of carbonyl (C=O) groups excluding carboxylic acids is 1. The molecule has 2 fully saturated rings. The average molecular weight is 384 g/mol. The number of fused-ring (bicyclic) bond motifs is 1. The molecule has 0 amide bonds. The van der Waals surface area contributed by atoms with E-state index < -0.39 is 12.6 Å². The van der Waals surface area contributed by atoms with Gasteiger partial charge in [-0.25, -0.2) is 0 Å². The van der Waals surface area contributed by atoms with Crippen LogP contribution in [-0.2, 0) is 22.5 Å². The van der Waals surface area contributed by atoms with Crippen LogP contribution in [0, 0.1) is 0 Å². The quantitative estimate of drug-likeness (QED) is 0.675. The summed E-state index contributed by atoms with van der Waals surface area (Å²) in [5, 5.41) is 0. The molecule has 0 aromatic heterocycles. The molecule has 0 aliphatic carbocycles. The lowest BCUT2D eigenvalue weighted by Gasteiger charge is -2.25. The number of benzene rings is 1. The molecular formula is C20H27F3N2O2. The third kappa shape index (κ3) is 5.45. The van der Waals surface area contributed by atoms with E-state index in [1.54, 1.807) is 18.2 Å². The van der Waals surface area contributed by atoms with E-state index in [1.807, 2.05) is 6.07 Å². The number of halogens is 3. The molecule has 0 N–H and O–H groups in total. The van der Waals surface area contributed by atoms with Crippen molar-refractivity contribution in [3.05, 3.63) is 35.4 Å². The van der Waals surface area contributed by atoms with Crippen molar-refractivity contribution in [3.63, 3.8) is 0 Å². The summed E-state index contributed by atoms with van der Waals surface area (Å²) in [4.78, 5) is 16.1. The number of hydrogen-bond acceptors (Lipinski definition) is 4. The minimum Gasteiger partial charge on any atom is -0.469 e. The summed E-state index contributed by atoms with van der Waals surface area (Å²) in [6.07, 6.45) is -1.65. The summed E-state index contributed by atoms with van der Waals surface area (Å²) >= 11 is 0. The van der Waals surface area contributed by atoms with Crippen LogP contribution in [-0.4, -0.2) is 60.8 Å². The molecule has 2 heterocycles. The van der Waals surface area contributed by atoms with Crippen molar-refractivity contribution >= 4 is 5.97 Å². The zero-order chi connectivity index (χ0) is 19.4. The predicted molar refractivity (Wildman–Crippen MR) is 96.2 cm³/mol. The van der Waals surface area contributed by atoms with Gasteiger partial charge in [0.25, 0.3) is 0 Å². The first-order valence-electron chi connectivity index (χ1n) is 9.55. The highest BCUT2D eigenvalue weighted by atomic mass is 19.4. The number of rotatable bonds is 7. The van der Waals surface area contributed by atoms with Crippen LogP contribution < -0.4 is 0 Å². The normalized spacial score (nSPS) is 23.6. The number of nitrogens with zero attached hydrogens (tertiary/aromatic N) is 2. The summed E-state index contributed by atoms with van der Waals surface area (Å²) in [5.74, 6) is -0.169. The third-order valence-electron chi connectivity index (χ3n) is 5.64. The van der Waals surface area contributed by atoms with Gasteiger partial charge in [0.15, 0.2) is 0 Å². The Morgan fingerprint density at radius 2 is 1.81 bits per heavy atom. The van der Waals surface area contributed by atoms with E-state index in [1.165, 1.54) is 7.11 Å². The van der Waals surface area contributed by atoms with E-state index in [4.69, 9.17) is 0 Å². The van der Waals surface area contributed by atoms with Crippen LogP contribution in [0.5, 0.6) is 0 Å². The standard InChI is InChI=1S/C20H27F3N2O2/c1-27-19(26)6-3-9-24-10-7-18-17(24)8-11-25(18)14-16-5-2-4-15(12-16)13-20(21,22)23/h2,4-5,12,17-18H,3,6-11,13-14H2,1H3/t17-,18-/m0/s1. The van der Waals surface area contributed by atoms with Crippen LogP contribution in [0.25, 0.3) is 0 Å². The fraction of sp³-hybridized carbons (Fsp3) is 0.650. The van der Waals surface area contributed by atoms with Crippen LogP contribution >= 0.6 is 0 Å². The van der Waals surface area contributed by atoms with Gasteiger partial charge in [-0.2, -0.15) is 13.2 Å². The molecule has 4 nitrogen and oxygen atoms in total. The van der Waals surface area contributed by atoms with Gasteiger partial charge in [-0.3, -0.25) is 14.6 Å². The number of ether oxygens (including phenoxy) is 1. The molecule has 0 saturated carbocycles. The molecule has 1 aromatic rings. The first kappa shape index (κ1) is 20.1. The molecule has 2 aliphatic heterocycles. The van der Waals surface area contributed by atoms with Crippen LogP contribution in [0.3, 0.4) is 0 Å². The molecule has 150 valence electrons. The van der Waals surface area contributed by atoms with Crippen molar-refractivity contribution in [1.29, 1.82) is 0 Å². The molecule has 7 heteroatoms. The number of likely N-dealkylation sites (tertiary alicyclic amines) is 2. The van der Waals surface area contributed by atoms with Gasteiger partial charge in [-0.1, -0.05) is 24.3 Å². The maximum absolute atomic E-state index is 12.6. The van der Waals surface area contributed by atoms with Crippen LogP contribution in [0.15, 0.2) is 24.3 Å². The highest BCUT2D eigenvalue weighted by Crippen LogP contribution is 2.33. The van der Waals surface area contributed by atoms with Gasteiger partial charge in [0.2, 0.25) is 0 Å². The number of hydrogen-bond donors (Lipinski definition) is 0. The monoisotopic (exact) mass is 384 g/mol. The minimum absolute atomic E-state index is 0.169. The predicted octanol–water partition coefficient (Wildman–Crippen LogP) is 3.39. The topological polar surface area (TPSA) is 32.8 Å². The van der Waals surface area contributed by atoms with Gasteiger partial charge in [0, 0.05) is 38.1 Å². The number of esters is 1. The number of alkyl halides is 3. The van der Waals surface area contributed by atoms with Crippen molar-refractivity contribution < 1.29 is 22.7 Å².